The van der Waals surface area contributed by atoms with Crippen molar-refractivity contribution in [1.82, 2.24) is 0 Å². The molecule has 1 saturated carbocycles. The van der Waals surface area contributed by atoms with Crippen LogP contribution in [0.3, 0.4) is 0 Å². The normalized spacial score (nSPS) is 22.4. The number of rotatable bonds is 13. The monoisotopic (exact) mass is 634 g/mol. The molecule has 0 N–H and O–H groups in total. The van der Waals surface area contributed by atoms with Crippen molar-refractivity contribution in [2.24, 2.45) is 11.8 Å². The summed E-state index contributed by atoms with van der Waals surface area (Å²) in [5, 5.41) is 0.335. The van der Waals surface area contributed by atoms with Crippen molar-refractivity contribution in [2.45, 2.75) is 161 Å². The van der Waals surface area contributed by atoms with Gasteiger partial charge in [-0.1, -0.05) is 96.8 Å². The predicted molar refractivity (Wildman–Crippen MR) is 186 cm³/mol. The molecule has 0 aromatic carbocycles. The molecule has 0 aromatic heterocycles. The highest BCUT2D eigenvalue weighted by molar-refractivity contribution is 6.74. The summed E-state index contributed by atoms with van der Waals surface area (Å²) >= 11 is 0. The molecule has 0 heterocycles. The molecule has 0 unspecified atom stereocenters. The van der Waals surface area contributed by atoms with Gasteiger partial charge < -0.3 is 18.3 Å². The van der Waals surface area contributed by atoms with E-state index < -0.39 is 22.2 Å². The highest BCUT2D eigenvalue weighted by Crippen LogP contribution is 2.43. The van der Waals surface area contributed by atoms with Crippen molar-refractivity contribution in [3.63, 3.8) is 0 Å². The zero-order chi connectivity index (χ0) is 32.7. The van der Waals surface area contributed by atoms with Gasteiger partial charge in [0, 0.05) is 5.92 Å². The molecule has 1 fully saturated rings. The lowest BCUT2D eigenvalue weighted by atomic mass is 9.84. The van der Waals surface area contributed by atoms with E-state index in [2.05, 4.69) is 92.0 Å². The van der Waals surface area contributed by atoms with Crippen molar-refractivity contribution < 1.29 is 23.1 Å². The number of ether oxygens (including phenoxy) is 2. The van der Waals surface area contributed by atoms with Crippen LogP contribution in [0.1, 0.15) is 107 Å². The van der Waals surface area contributed by atoms with Gasteiger partial charge in [0.25, 0.3) is 0 Å². The van der Waals surface area contributed by atoms with E-state index in [9.17, 15) is 4.79 Å². The van der Waals surface area contributed by atoms with E-state index in [1.54, 1.807) is 0 Å². The minimum atomic E-state index is -1.94. The molecule has 0 spiro atoms. The maximum Gasteiger partial charge on any atom is 0.332 e. The fourth-order valence-corrected chi connectivity index (χ4v) is 7.96. The van der Waals surface area contributed by atoms with Crippen LogP contribution < -0.4 is 0 Å². The Bertz CT molecular complexity index is 969. The van der Waals surface area contributed by atoms with Gasteiger partial charge in [-0.15, -0.1) is 0 Å². The maximum atomic E-state index is 11.9. The molecule has 2 aliphatic carbocycles. The second-order valence-corrected chi connectivity index (χ2v) is 26.4. The second kappa shape index (κ2) is 15.5. The van der Waals surface area contributed by atoms with E-state index in [-0.39, 0.29) is 40.8 Å². The summed E-state index contributed by atoms with van der Waals surface area (Å²) in [7, 11) is -3.87. The first kappa shape index (κ1) is 38.2. The third-order valence-electron chi connectivity index (χ3n) is 9.93. The fraction of sp³-hybridized carbons (Fsp3) is 0.806. The van der Waals surface area contributed by atoms with E-state index >= 15 is 0 Å². The Balaban J connectivity index is 2.21. The van der Waals surface area contributed by atoms with E-state index in [1.807, 2.05) is 26.8 Å². The lowest BCUT2D eigenvalue weighted by Gasteiger charge is -2.42. The van der Waals surface area contributed by atoms with Crippen LogP contribution in [0, 0.1) is 11.8 Å². The molecule has 5 nitrogen and oxygen atoms in total. The Morgan fingerprint density at radius 1 is 0.907 bits per heavy atom. The van der Waals surface area contributed by atoms with Crippen molar-refractivity contribution in [1.29, 1.82) is 0 Å². The molecule has 2 rings (SSSR count). The Hall–Kier alpha value is -0.996. The molecular weight excluding hydrogens is 569 g/mol. The van der Waals surface area contributed by atoms with Gasteiger partial charge in [-0.3, -0.25) is 0 Å². The van der Waals surface area contributed by atoms with Gasteiger partial charge in [0.15, 0.2) is 16.6 Å². The number of allylic oxidation sites excluding steroid dienone is 1. The molecule has 0 radical (unpaired) electrons. The number of carbonyl (C=O) groups excluding carboxylic acids is 1. The maximum absolute atomic E-state index is 11.9. The first-order valence-electron chi connectivity index (χ1n) is 16.8. The number of esters is 1. The topological polar surface area (TPSA) is 54.0 Å². The standard InChI is InChI=1S/C36H66O5Si2/c1-34(2,3)39-33(37)27-38-26-18-17-19-28-22-24-32(41-43(12,13)36(7,8)9)30(28)23-25-31(29-20-15-14-16-21-29)40-42(10,11)35(4,5)6/h17-18,22-23,25,29-32H,14-16,19-21,24,26-27H2,1-13H3/b18-17-,25-23+/t30-,31-,32-/m1/s1. The molecule has 43 heavy (non-hydrogen) atoms. The van der Waals surface area contributed by atoms with E-state index in [4.69, 9.17) is 18.3 Å². The zero-order valence-electron chi connectivity index (χ0n) is 30.1. The van der Waals surface area contributed by atoms with Crippen LogP contribution in [-0.4, -0.2) is 53.6 Å². The largest absolute Gasteiger partial charge is 0.458 e. The molecule has 3 atom stereocenters. The summed E-state index contributed by atoms with van der Waals surface area (Å²) in [5.74, 6) is 0.493. The summed E-state index contributed by atoms with van der Waals surface area (Å²) in [5.41, 5.74) is 0.903. The Kier molecular flexibility index (Phi) is 13.8. The van der Waals surface area contributed by atoms with Gasteiger partial charge >= 0.3 is 5.97 Å². The van der Waals surface area contributed by atoms with Crippen molar-refractivity contribution in [3.05, 3.63) is 36.0 Å². The van der Waals surface area contributed by atoms with Gasteiger partial charge in [-0.05, 0) is 88.6 Å². The van der Waals surface area contributed by atoms with Crippen LogP contribution in [0.5, 0.6) is 0 Å². The van der Waals surface area contributed by atoms with E-state index in [0.29, 0.717) is 12.5 Å². The second-order valence-electron chi connectivity index (χ2n) is 16.9. The molecule has 248 valence electrons. The van der Waals surface area contributed by atoms with Gasteiger partial charge in [-0.2, -0.15) is 0 Å². The first-order valence-corrected chi connectivity index (χ1v) is 22.6. The summed E-state index contributed by atoms with van der Waals surface area (Å²) in [4.78, 5) is 11.9. The van der Waals surface area contributed by atoms with Gasteiger partial charge in [0.1, 0.15) is 12.2 Å². The van der Waals surface area contributed by atoms with Gasteiger partial charge in [0.05, 0.1) is 18.8 Å². The molecular formula is C36H66O5Si2. The summed E-state index contributed by atoms with van der Waals surface area (Å²) in [6, 6.07) is 0. The molecule has 0 aromatic rings. The van der Waals surface area contributed by atoms with Crippen molar-refractivity contribution in [3.8, 4) is 0 Å². The average Bonchev–Trinajstić information content (AvgIpc) is 3.22. The molecule has 2 aliphatic rings. The van der Waals surface area contributed by atoms with Gasteiger partial charge in [0.2, 0.25) is 0 Å². The molecule has 0 saturated heterocycles. The summed E-state index contributed by atoms with van der Waals surface area (Å²) in [6.45, 7) is 29.4. The number of hydrogen-bond donors (Lipinski definition) is 0. The van der Waals surface area contributed by atoms with E-state index in [1.165, 1.54) is 37.7 Å². The van der Waals surface area contributed by atoms with Gasteiger partial charge in [-0.25, -0.2) is 4.79 Å². The third kappa shape index (κ3) is 12.4. The Labute approximate surface area is 267 Å². The summed E-state index contributed by atoms with van der Waals surface area (Å²) in [6.07, 6.45) is 20.0. The van der Waals surface area contributed by atoms with Crippen LogP contribution in [0.15, 0.2) is 36.0 Å². The van der Waals surface area contributed by atoms with Crippen LogP contribution >= 0.6 is 0 Å². The average molecular weight is 635 g/mol. The summed E-state index contributed by atoms with van der Waals surface area (Å²) < 4.78 is 25.1. The predicted octanol–water partition coefficient (Wildman–Crippen LogP) is 10.2. The SMILES string of the molecule is CC(C)(C)OC(=O)COC/C=C\CC1=CC[C@@H](O[Si](C)(C)C(C)(C)C)[C@@H]1/C=C/[C@@H](O[Si](C)(C)C(C)(C)C)C1CCCCC1. The molecule has 0 amide bonds. The van der Waals surface area contributed by atoms with Crippen molar-refractivity contribution in [2.75, 3.05) is 13.2 Å². The lowest BCUT2D eigenvalue weighted by Crippen LogP contribution is -2.46. The first-order chi connectivity index (χ1) is 19.6. The van der Waals surface area contributed by atoms with Crippen LogP contribution in [0.4, 0.5) is 0 Å². The zero-order valence-corrected chi connectivity index (χ0v) is 32.1. The number of carbonyl (C=O) groups is 1. The van der Waals surface area contributed by atoms with Crippen molar-refractivity contribution >= 4 is 22.6 Å². The minimum Gasteiger partial charge on any atom is -0.458 e. The fourth-order valence-electron chi connectivity index (χ4n) is 5.30. The molecule has 0 aliphatic heterocycles. The van der Waals surface area contributed by atoms with E-state index in [0.717, 1.165) is 12.8 Å². The van der Waals surface area contributed by atoms with Crippen LogP contribution in [0.2, 0.25) is 36.3 Å². The smallest absolute Gasteiger partial charge is 0.332 e. The number of hydrogen-bond acceptors (Lipinski definition) is 5. The van der Waals surface area contributed by atoms with Crippen LogP contribution in [0.25, 0.3) is 0 Å². The molecule has 0 bridgehead atoms. The quantitative estimate of drug-likeness (QED) is 0.0873. The minimum absolute atomic E-state index is 0.0329. The van der Waals surface area contributed by atoms with Crippen LogP contribution in [-0.2, 0) is 23.1 Å². The lowest BCUT2D eigenvalue weighted by molar-refractivity contribution is -0.159. The Morgan fingerprint density at radius 2 is 1.51 bits per heavy atom. The molecule has 7 heteroatoms. The highest BCUT2D eigenvalue weighted by atomic mass is 28.4. The third-order valence-corrected chi connectivity index (χ3v) is 18.9. The Morgan fingerprint density at radius 3 is 2.07 bits per heavy atom. The highest BCUT2D eigenvalue weighted by Gasteiger charge is 2.43.